The van der Waals surface area contributed by atoms with Crippen molar-refractivity contribution in [3.8, 4) is 0 Å². The van der Waals surface area contributed by atoms with Crippen LogP contribution in [0.2, 0.25) is 0 Å². The summed E-state index contributed by atoms with van der Waals surface area (Å²) >= 11 is 0. The Labute approximate surface area is 133 Å². The number of nitrogens with zero attached hydrogens (tertiary/aromatic N) is 3. The fourth-order valence-electron chi connectivity index (χ4n) is 3.39. The normalized spacial score (nSPS) is 21.1. The van der Waals surface area contributed by atoms with E-state index in [0.717, 1.165) is 32.0 Å². The average Bonchev–Trinajstić information content (AvgIpc) is 3.05. The summed E-state index contributed by atoms with van der Waals surface area (Å²) in [6.45, 7) is 4.19. The highest BCUT2D eigenvalue weighted by atomic mass is 16.6. The van der Waals surface area contributed by atoms with Gasteiger partial charge in [-0.2, -0.15) is 0 Å². The molecule has 0 bridgehead atoms. The number of imide groups is 1. The van der Waals surface area contributed by atoms with Crippen LogP contribution in [0.1, 0.15) is 40.5 Å². The highest BCUT2D eigenvalue weighted by molar-refractivity contribution is 6.22. The summed E-state index contributed by atoms with van der Waals surface area (Å²) in [4.78, 5) is 38.7. The number of nitro benzene ring substituents is 1. The number of benzene rings is 1. The van der Waals surface area contributed by atoms with E-state index in [1.54, 1.807) is 0 Å². The first-order valence-electron chi connectivity index (χ1n) is 7.62. The first kappa shape index (κ1) is 15.4. The first-order chi connectivity index (χ1) is 10.9. The number of nitrogens with two attached hydrogens (primary N) is 1. The lowest BCUT2D eigenvalue weighted by Gasteiger charge is -2.26. The van der Waals surface area contributed by atoms with Crippen molar-refractivity contribution in [1.82, 2.24) is 9.80 Å². The standard InChI is InChI=1S/C15H18N4O4/c1-2-17-5-3-4-9(17)8-18-14(20)10-6-12(16)13(19(22)23)7-11(10)15(18)21/h6-7,9H,2-5,8,16H2,1H3. The molecule has 1 aromatic carbocycles. The first-order valence-corrected chi connectivity index (χ1v) is 7.62. The van der Waals surface area contributed by atoms with Crippen molar-refractivity contribution in [2.75, 3.05) is 25.4 Å². The molecule has 1 saturated heterocycles. The maximum absolute atomic E-state index is 12.5. The number of amides is 2. The zero-order chi connectivity index (χ0) is 16.7. The van der Waals surface area contributed by atoms with Gasteiger partial charge in [-0.1, -0.05) is 6.92 Å². The largest absolute Gasteiger partial charge is 0.393 e. The minimum absolute atomic E-state index is 0.0666. The molecule has 8 heteroatoms. The number of hydrogen-bond acceptors (Lipinski definition) is 6. The van der Waals surface area contributed by atoms with Gasteiger partial charge in [0.25, 0.3) is 17.5 Å². The van der Waals surface area contributed by atoms with Gasteiger partial charge in [0.2, 0.25) is 0 Å². The van der Waals surface area contributed by atoms with E-state index in [1.165, 1.54) is 11.0 Å². The van der Waals surface area contributed by atoms with Gasteiger partial charge in [-0.25, -0.2) is 0 Å². The summed E-state index contributed by atoms with van der Waals surface area (Å²) in [6.07, 6.45) is 1.98. The lowest BCUT2D eigenvalue weighted by atomic mass is 10.1. The van der Waals surface area contributed by atoms with E-state index in [-0.39, 0.29) is 28.5 Å². The summed E-state index contributed by atoms with van der Waals surface area (Å²) in [5.74, 6) is -0.898. The van der Waals surface area contributed by atoms with E-state index < -0.39 is 16.7 Å². The van der Waals surface area contributed by atoms with Gasteiger partial charge >= 0.3 is 0 Å². The van der Waals surface area contributed by atoms with Gasteiger partial charge in [-0.3, -0.25) is 29.5 Å². The van der Waals surface area contributed by atoms with Crippen LogP contribution in [0.15, 0.2) is 12.1 Å². The van der Waals surface area contributed by atoms with E-state index in [0.29, 0.717) is 6.54 Å². The monoisotopic (exact) mass is 318 g/mol. The Morgan fingerprint density at radius 2 is 1.96 bits per heavy atom. The number of hydrogen-bond donors (Lipinski definition) is 1. The van der Waals surface area contributed by atoms with Crippen LogP contribution in [0.25, 0.3) is 0 Å². The molecule has 2 amide bonds. The molecule has 2 aliphatic rings. The van der Waals surface area contributed by atoms with E-state index in [9.17, 15) is 19.7 Å². The molecule has 0 saturated carbocycles. The van der Waals surface area contributed by atoms with Crippen molar-refractivity contribution in [2.45, 2.75) is 25.8 Å². The molecule has 122 valence electrons. The predicted molar refractivity (Wildman–Crippen MR) is 83.1 cm³/mol. The van der Waals surface area contributed by atoms with Crippen molar-refractivity contribution in [1.29, 1.82) is 0 Å². The van der Waals surface area contributed by atoms with Crippen LogP contribution in [0.5, 0.6) is 0 Å². The number of likely N-dealkylation sites (N-methyl/N-ethyl adjacent to an activating group) is 1. The topological polar surface area (TPSA) is 110 Å². The molecule has 0 spiro atoms. The number of carbonyl (C=O) groups is 2. The lowest BCUT2D eigenvalue weighted by Crippen LogP contribution is -2.42. The molecule has 1 fully saturated rings. The SMILES string of the molecule is CCN1CCCC1CN1C(=O)c2cc(N)c([N+](=O)[O-])cc2C1=O. The van der Waals surface area contributed by atoms with Crippen LogP contribution in [0.3, 0.4) is 0 Å². The molecular formula is C15H18N4O4. The second-order valence-corrected chi connectivity index (χ2v) is 5.86. The van der Waals surface area contributed by atoms with Crippen LogP contribution >= 0.6 is 0 Å². The maximum atomic E-state index is 12.5. The zero-order valence-electron chi connectivity index (χ0n) is 12.8. The van der Waals surface area contributed by atoms with Gasteiger partial charge in [0.1, 0.15) is 5.69 Å². The maximum Gasteiger partial charge on any atom is 0.292 e. The third-order valence-corrected chi connectivity index (χ3v) is 4.61. The average molecular weight is 318 g/mol. The molecule has 1 atom stereocenters. The number of anilines is 1. The smallest absolute Gasteiger partial charge is 0.292 e. The van der Waals surface area contributed by atoms with Crippen LogP contribution in [0.4, 0.5) is 11.4 Å². The van der Waals surface area contributed by atoms with Gasteiger partial charge < -0.3 is 5.73 Å². The molecule has 2 heterocycles. The van der Waals surface area contributed by atoms with E-state index in [4.69, 9.17) is 5.73 Å². The Bertz CT molecular complexity index is 703. The van der Waals surface area contributed by atoms with Crippen LogP contribution < -0.4 is 5.73 Å². The van der Waals surface area contributed by atoms with E-state index in [1.807, 2.05) is 6.92 Å². The quantitative estimate of drug-likeness (QED) is 0.387. The zero-order valence-corrected chi connectivity index (χ0v) is 12.8. The molecule has 0 aromatic heterocycles. The number of fused-ring (bicyclic) bond motifs is 1. The highest BCUT2D eigenvalue weighted by Crippen LogP contribution is 2.32. The number of likely N-dealkylation sites (tertiary alicyclic amines) is 1. The lowest BCUT2D eigenvalue weighted by molar-refractivity contribution is -0.383. The fraction of sp³-hybridized carbons (Fsp3) is 0.467. The second-order valence-electron chi connectivity index (χ2n) is 5.86. The summed E-state index contributed by atoms with van der Waals surface area (Å²) in [6, 6.07) is 2.49. The van der Waals surface area contributed by atoms with Crippen LogP contribution in [-0.2, 0) is 0 Å². The summed E-state index contributed by atoms with van der Waals surface area (Å²) < 4.78 is 0. The van der Waals surface area contributed by atoms with E-state index in [2.05, 4.69) is 4.90 Å². The number of nitro groups is 1. The van der Waals surface area contributed by atoms with Crippen LogP contribution in [0, 0.1) is 10.1 Å². The molecule has 0 radical (unpaired) electrons. The Morgan fingerprint density at radius 3 is 2.57 bits per heavy atom. The predicted octanol–water partition coefficient (Wildman–Crippen LogP) is 1.26. The Morgan fingerprint density at radius 1 is 1.30 bits per heavy atom. The summed E-state index contributed by atoms with van der Waals surface area (Å²) in [5, 5.41) is 11.0. The number of rotatable bonds is 4. The van der Waals surface area contributed by atoms with Crippen molar-refractivity contribution in [3.05, 3.63) is 33.4 Å². The van der Waals surface area contributed by atoms with Crippen molar-refractivity contribution < 1.29 is 14.5 Å². The summed E-state index contributed by atoms with van der Waals surface area (Å²) in [7, 11) is 0. The molecular weight excluding hydrogens is 300 g/mol. The van der Waals surface area contributed by atoms with Crippen molar-refractivity contribution in [3.63, 3.8) is 0 Å². The molecule has 1 unspecified atom stereocenters. The molecule has 0 aliphatic carbocycles. The molecule has 3 rings (SSSR count). The molecule has 8 nitrogen and oxygen atoms in total. The third-order valence-electron chi connectivity index (χ3n) is 4.61. The fourth-order valence-corrected chi connectivity index (χ4v) is 3.39. The van der Waals surface area contributed by atoms with Crippen molar-refractivity contribution in [2.24, 2.45) is 0 Å². The van der Waals surface area contributed by atoms with Crippen molar-refractivity contribution >= 4 is 23.2 Å². The van der Waals surface area contributed by atoms with Gasteiger partial charge in [0.15, 0.2) is 0 Å². The van der Waals surface area contributed by atoms with E-state index >= 15 is 0 Å². The second kappa shape index (κ2) is 5.62. The number of carbonyl (C=O) groups excluding carboxylic acids is 2. The van der Waals surface area contributed by atoms with Crippen LogP contribution in [-0.4, -0.2) is 52.2 Å². The molecule has 2 aliphatic heterocycles. The molecule has 2 N–H and O–H groups in total. The van der Waals surface area contributed by atoms with Gasteiger partial charge in [-0.05, 0) is 32.0 Å². The minimum atomic E-state index is -0.647. The molecule has 1 aromatic rings. The third kappa shape index (κ3) is 2.44. The molecule has 23 heavy (non-hydrogen) atoms. The van der Waals surface area contributed by atoms with Gasteiger partial charge in [-0.15, -0.1) is 0 Å². The summed E-state index contributed by atoms with van der Waals surface area (Å²) in [5.41, 5.74) is 5.39. The van der Waals surface area contributed by atoms with Gasteiger partial charge in [0.05, 0.1) is 16.1 Å². The Kier molecular flexibility index (Phi) is 3.77. The number of nitrogen functional groups attached to an aromatic ring is 1. The van der Waals surface area contributed by atoms with Gasteiger partial charge in [0, 0.05) is 18.7 Å². The highest BCUT2D eigenvalue weighted by Gasteiger charge is 2.40. The Balaban J connectivity index is 1.90. The Hall–Kier alpha value is -2.48. The minimum Gasteiger partial charge on any atom is -0.393 e.